The summed E-state index contributed by atoms with van der Waals surface area (Å²) < 4.78 is 28.9. The molecule has 140 valence electrons. The summed E-state index contributed by atoms with van der Waals surface area (Å²) in [5, 5.41) is 3.30. The average molecular weight is 390 g/mol. The Labute approximate surface area is 153 Å². The van der Waals surface area contributed by atoms with Crippen molar-refractivity contribution in [2.75, 3.05) is 45.4 Å². The van der Waals surface area contributed by atoms with Crippen LogP contribution in [0.5, 0.6) is 5.75 Å². The molecule has 0 saturated carbocycles. The Bertz CT molecular complexity index is 679. The Balaban J connectivity index is 1.91. The summed E-state index contributed by atoms with van der Waals surface area (Å²) in [7, 11) is 0.757. The molecule has 1 aromatic carbocycles. The van der Waals surface area contributed by atoms with Crippen LogP contribution in [-0.4, -0.2) is 75.7 Å². The molecule has 2 amide bonds. The first-order valence-corrected chi connectivity index (χ1v) is 10.2. The molecule has 9 heteroatoms. The summed E-state index contributed by atoms with van der Waals surface area (Å²) >= 11 is 5.81. The highest BCUT2D eigenvalue weighted by atomic mass is 35.5. The molecule has 7 nitrogen and oxygen atoms in total. The van der Waals surface area contributed by atoms with Gasteiger partial charge in [-0.25, -0.2) is 13.2 Å². The van der Waals surface area contributed by atoms with Gasteiger partial charge in [-0.1, -0.05) is 11.6 Å². The Hall–Kier alpha value is -1.51. The first kappa shape index (κ1) is 19.8. The van der Waals surface area contributed by atoms with Gasteiger partial charge in [0.25, 0.3) is 0 Å². The number of likely N-dealkylation sites (N-methyl/N-ethyl adjacent to an activating group) is 1. The summed E-state index contributed by atoms with van der Waals surface area (Å²) in [4.78, 5) is 16.0. The summed E-state index contributed by atoms with van der Waals surface area (Å²) in [5.74, 6) is 0.740. The second kappa shape index (κ2) is 8.73. The third-order valence-corrected chi connectivity index (χ3v) is 5.98. The minimum absolute atomic E-state index is 0.00159. The Morgan fingerprint density at radius 3 is 2.52 bits per heavy atom. The van der Waals surface area contributed by atoms with Crippen LogP contribution in [0.15, 0.2) is 24.3 Å². The van der Waals surface area contributed by atoms with Gasteiger partial charge in [0.2, 0.25) is 0 Å². The maximum atomic E-state index is 12.5. The van der Waals surface area contributed by atoms with E-state index in [1.54, 1.807) is 29.2 Å². The van der Waals surface area contributed by atoms with Crippen molar-refractivity contribution in [3.05, 3.63) is 29.3 Å². The number of urea groups is 1. The molecule has 2 rings (SSSR count). The van der Waals surface area contributed by atoms with E-state index in [0.717, 1.165) is 0 Å². The number of ether oxygens (including phenoxy) is 1. The van der Waals surface area contributed by atoms with E-state index >= 15 is 0 Å². The lowest BCUT2D eigenvalue weighted by Gasteiger charge is -2.29. The number of rotatable bonds is 7. The van der Waals surface area contributed by atoms with Gasteiger partial charge in [-0.05, 0) is 44.8 Å². The molecule has 1 fully saturated rings. The minimum atomic E-state index is -3.06. The molecule has 25 heavy (non-hydrogen) atoms. The molecule has 1 heterocycles. The molecule has 1 N–H and O–H groups in total. The maximum absolute atomic E-state index is 12.5. The minimum Gasteiger partial charge on any atom is -0.473 e. The van der Waals surface area contributed by atoms with E-state index in [9.17, 15) is 13.2 Å². The van der Waals surface area contributed by atoms with E-state index in [1.807, 2.05) is 19.0 Å². The molecule has 1 atom stereocenters. The van der Waals surface area contributed by atoms with Gasteiger partial charge in [-0.3, -0.25) is 0 Å². The van der Waals surface area contributed by atoms with Crippen molar-refractivity contribution in [3.63, 3.8) is 0 Å². The normalized spacial score (nSPS) is 19.0. The fourth-order valence-electron chi connectivity index (χ4n) is 2.59. The fourth-order valence-corrected chi connectivity index (χ4v) is 4.45. The van der Waals surface area contributed by atoms with E-state index in [1.165, 1.54) is 0 Å². The van der Waals surface area contributed by atoms with Crippen molar-refractivity contribution in [2.45, 2.75) is 12.5 Å². The lowest BCUT2D eigenvalue weighted by molar-refractivity contribution is 0.162. The van der Waals surface area contributed by atoms with Crippen molar-refractivity contribution in [2.24, 2.45) is 0 Å². The lowest BCUT2D eigenvalue weighted by atomic mass is 10.2. The smallest absolute Gasteiger partial charge is 0.320 e. The quantitative estimate of drug-likeness (QED) is 0.714. The standard InChI is InChI=1S/C16H24ClN3O4S/c1-19(2)8-9-20(14-7-10-25(22,23)11-14)16(21)18-12-24-15-5-3-13(17)4-6-15/h3-6,14H,7-12H2,1-2H3,(H,18,21). The molecular weight excluding hydrogens is 366 g/mol. The SMILES string of the molecule is CN(C)CCN(C(=O)NCOc1ccc(Cl)cc1)C1CCS(=O)(=O)C1. The second-order valence-corrected chi connectivity index (χ2v) is 8.94. The third-order valence-electron chi connectivity index (χ3n) is 3.97. The van der Waals surface area contributed by atoms with Crippen LogP contribution in [0.2, 0.25) is 5.02 Å². The number of nitrogens with zero attached hydrogens (tertiary/aromatic N) is 2. The summed E-state index contributed by atoms with van der Waals surface area (Å²) in [6.45, 7) is 1.11. The van der Waals surface area contributed by atoms with E-state index < -0.39 is 9.84 Å². The number of hydrogen-bond acceptors (Lipinski definition) is 5. The van der Waals surface area contributed by atoms with Gasteiger partial charge in [-0.15, -0.1) is 0 Å². The van der Waals surface area contributed by atoms with Gasteiger partial charge in [0.15, 0.2) is 16.6 Å². The predicted octanol–water partition coefficient (Wildman–Crippen LogP) is 1.44. The monoisotopic (exact) mass is 389 g/mol. The van der Waals surface area contributed by atoms with Crippen LogP contribution in [0.3, 0.4) is 0 Å². The summed E-state index contributed by atoms with van der Waals surface area (Å²) in [6.07, 6.45) is 0.473. The van der Waals surface area contributed by atoms with Crippen LogP contribution >= 0.6 is 11.6 Å². The highest BCUT2D eigenvalue weighted by Crippen LogP contribution is 2.18. The van der Waals surface area contributed by atoms with Gasteiger partial charge in [0.05, 0.1) is 11.5 Å². The molecule has 0 aromatic heterocycles. The van der Waals surface area contributed by atoms with Crippen LogP contribution in [0.1, 0.15) is 6.42 Å². The van der Waals surface area contributed by atoms with E-state index in [0.29, 0.717) is 30.3 Å². The molecule has 1 aliphatic heterocycles. The number of carbonyl (C=O) groups excluding carboxylic acids is 1. The Morgan fingerprint density at radius 1 is 1.28 bits per heavy atom. The number of amides is 2. The van der Waals surface area contributed by atoms with E-state index in [-0.39, 0.29) is 30.3 Å². The third kappa shape index (κ3) is 6.37. The van der Waals surface area contributed by atoms with Crippen molar-refractivity contribution < 1.29 is 17.9 Å². The molecular formula is C16H24ClN3O4S. The molecule has 0 radical (unpaired) electrons. The highest BCUT2D eigenvalue weighted by molar-refractivity contribution is 7.91. The van der Waals surface area contributed by atoms with Crippen LogP contribution in [0.25, 0.3) is 0 Å². The zero-order valence-corrected chi connectivity index (χ0v) is 16.0. The fraction of sp³-hybridized carbons (Fsp3) is 0.562. The zero-order chi connectivity index (χ0) is 18.4. The van der Waals surface area contributed by atoms with Crippen molar-refractivity contribution in [1.82, 2.24) is 15.1 Å². The zero-order valence-electron chi connectivity index (χ0n) is 14.4. The average Bonchev–Trinajstić information content (AvgIpc) is 2.89. The van der Waals surface area contributed by atoms with Crippen LogP contribution in [-0.2, 0) is 9.84 Å². The molecule has 1 aliphatic rings. The summed E-state index contributed by atoms with van der Waals surface area (Å²) in [6, 6.07) is 6.21. The van der Waals surface area contributed by atoms with Crippen LogP contribution < -0.4 is 10.1 Å². The first-order chi connectivity index (χ1) is 11.8. The molecule has 0 aliphatic carbocycles. The number of sulfone groups is 1. The second-order valence-electron chi connectivity index (χ2n) is 6.28. The topological polar surface area (TPSA) is 79.0 Å². The molecule has 1 aromatic rings. The number of carbonyl (C=O) groups is 1. The van der Waals surface area contributed by atoms with Crippen molar-refractivity contribution in [3.8, 4) is 5.75 Å². The molecule has 0 spiro atoms. The van der Waals surface area contributed by atoms with Crippen molar-refractivity contribution in [1.29, 1.82) is 0 Å². The van der Waals surface area contributed by atoms with Gasteiger partial charge in [0, 0.05) is 24.2 Å². The Morgan fingerprint density at radius 2 is 1.96 bits per heavy atom. The first-order valence-electron chi connectivity index (χ1n) is 8.05. The molecule has 0 bridgehead atoms. The van der Waals surface area contributed by atoms with Gasteiger partial charge in [-0.2, -0.15) is 0 Å². The van der Waals surface area contributed by atoms with Crippen LogP contribution in [0, 0.1) is 0 Å². The van der Waals surface area contributed by atoms with E-state index in [2.05, 4.69) is 5.32 Å². The number of halogens is 1. The van der Waals surface area contributed by atoms with E-state index in [4.69, 9.17) is 16.3 Å². The maximum Gasteiger partial charge on any atom is 0.320 e. The summed E-state index contributed by atoms with van der Waals surface area (Å²) in [5.41, 5.74) is 0. The predicted molar refractivity (Wildman–Crippen MR) is 97.8 cm³/mol. The van der Waals surface area contributed by atoms with Gasteiger partial charge in [0.1, 0.15) is 5.75 Å². The number of benzene rings is 1. The number of nitrogens with one attached hydrogen (secondary N) is 1. The molecule has 1 unspecified atom stereocenters. The lowest BCUT2D eigenvalue weighted by Crippen LogP contribution is -2.49. The number of hydrogen-bond donors (Lipinski definition) is 1. The van der Waals surface area contributed by atoms with Crippen LogP contribution in [0.4, 0.5) is 4.79 Å². The van der Waals surface area contributed by atoms with Gasteiger partial charge < -0.3 is 19.9 Å². The largest absolute Gasteiger partial charge is 0.473 e. The Kier molecular flexibility index (Phi) is 6.92. The molecule has 1 saturated heterocycles. The van der Waals surface area contributed by atoms with Crippen molar-refractivity contribution >= 4 is 27.5 Å². The van der Waals surface area contributed by atoms with Gasteiger partial charge >= 0.3 is 6.03 Å². The highest BCUT2D eigenvalue weighted by Gasteiger charge is 2.34.